The Morgan fingerprint density at radius 2 is 1.04 bits per heavy atom. The van der Waals surface area contributed by atoms with Gasteiger partial charge >= 0.3 is 0 Å². The van der Waals surface area contributed by atoms with E-state index < -0.39 is 0 Å². The molecular weight excluding hydrogens is 687 g/mol. The van der Waals surface area contributed by atoms with Crippen molar-refractivity contribution in [3.05, 3.63) is 190 Å². The van der Waals surface area contributed by atoms with Crippen LogP contribution in [0.4, 0.5) is 4.39 Å². The van der Waals surface area contributed by atoms with E-state index in [9.17, 15) is 4.39 Å². The van der Waals surface area contributed by atoms with E-state index >= 15 is 0 Å². The highest BCUT2D eigenvalue weighted by atomic mass is 35.5. The molecule has 0 heterocycles. The molecule has 0 saturated heterocycles. The van der Waals surface area contributed by atoms with Gasteiger partial charge in [0.05, 0.1) is 0 Å². The van der Waals surface area contributed by atoms with Gasteiger partial charge in [0, 0.05) is 5.02 Å². The number of benzene rings is 6. The molecule has 0 spiro atoms. The lowest BCUT2D eigenvalue weighted by Gasteiger charge is -2.26. The largest absolute Gasteiger partial charge is 0.457 e. The third-order valence-corrected chi connectivity index (χ3v) is 10.4. The first-order chi connectivity index (χ1) is 25.9. The summed E-state index contributed by atoms with van der Waals surface area (Å²) in [5.74, 6) is 2.42. The Bertz CT molecular complexity index is 2050. The molecule has 6 aromatic carbocycles. The van der Waals surface area contributed by atoms with Gasteiger partial charge in [0.25, 0.3) is 0 Å². The summed E-state index contributed by atoms with van der Waals surface area (Å²) in [5, 5.41) is 0.792. The van der Waals surface area contributed by atoms with Crippen LogP contribution in [0.2, 0.25) is 5.02 Å². The Balaban J connectivity index is 0.000000208. The average molecular weight is 741 g/mol. The first-order valence-corrected chi connectivity index (χ1v) is 19.4. The molecule has 0 unspecified atom stereocenters. The van der Waals surface area contributed by atoms with Gasteiger partial charge in [-0.1, -0.05) is 136 Å². The van der Waals surface area contributed by atoms with E-state index in [1.165, 1.54) is 28.3 Å². The maximum atomic E-state index is 14.1. The molecule has 2 nitrogen and oxygen atoms in total. The molecule has 0 aromatic heterocycles. The fraction of sp³-hybridized carbons (Fsp3) is 0.280. The lowest BCUT2D eigenvalue weighted by molar-refractivity contribution is 0.439. The molecule has 0 radical (unpaired) electrons. The summed E-state index contributed by atoms with van der Waals surface area (Å²) in [4.78, 5) is 0. The Kier molecular flexibility index (Phi) is 14.1. The summed E-state index contributed by atoms with van der Waals surface area (Å²) in [7, 11) is 0. The maximum absolute atomic E-state index is 14.1. The highest BCUT2D eigenvalue weighted by molar-refractivity contribution is 6.30. The Hall–Kier alpha value is -4.86. The molecule has 280 valence electrons. The summed E-state index contributed by atoms with van der Waals surface area (Å²) in [5.41, 5.74) is 7.83. The minimum atomic E-state index is -0.331. The predicted octanol–water partition coefficient (Wildman–Crippen LogP) is 15.0. The SMILES string of the molecule is Cc1ccc(CCCC(C)(C)c2ccc(Cl)cc2)cc1Oc1ccccc1.Cc1cccc(C(C)(C)CCCc2ccc(F)c(Oc3ccccc3)c2)c1. The summed E-state index contributed by atoms with van der Waals surface area (Å²) in [6.45, 7) is 13.4. The molecule has 0 aliphatic rings. The van der Waals surface area contributed by atoms with Gasteiger partial charge in [-0.3, -0.25) is 0 Å². The monoisotopic (exact) mass is 740 g/mol. The Morgan fingerprint density at radius 3 is 1.61 bits per heavy atom. The zero-order chi connectivity index (χ0) is 38.6. The molecule has 4 heteroatoms. The van der Waals surface area contributed by atoms with Gasteiger partial charge in [-0.15, -0.1) is 0 Å². The maximum Gasteiger partial charge on any atom is 0.165 e. The predicted molar refractivity (Wildman–Crippen MR) is 225 cm³/mol. The van der Waals surface area contributed by atoms with Gasteiger partial charge < -0.3 is 9.47 Å². The fourth-order valence-electron chi connectivity index (χ4n) is 6.65. The van der Waals surface area contributed by atoms with Gasteiger partial charge in [0.2, 0.25) is 0 Å². The van der Waals surface area contributed by atoms with E-state index in [0.717, 1.165) is 66.2 Å². The molecule has 54 heavy (non-hydrogen) atoms. The molecule has 6 aromatic rings. The molecule has 0 aliphatic carbocycles. The van der Waals surface area contributed by atoms with Crippen LogP contribution in [-0.2, 0) is 23.7 Å². The van der Waals surface area contributed by atoms with Crippen LogP contribution in [0.1, 0.15) is 86.8 Å². The van der Waals surface area contributed by atoms with Crippen LogP contribution in [0.25, 0.3) is 0 Å². The molecular formula is C50H54ClFO2. The molecule has 0 N–H and O–H groups in total. The third kappa shape index (κ3) is 12.1. The van der Waals surface area contributed by atoms with Crippen molar-refractivity contribution in [1.29, 1.82) is 0 Å². The molecule has 0 fully saturated rings. The fourth-order valence-corrected chi connectivity index (χ4v) is 6.77. The number of aryl methyl sites for hydroxylation is 4. The van der Waals surface area contributed by atoms with E-state index in [1.54, 1.807) is 0 Å². The molecule has 0 bridgehead atoms. The number of para-hydroxylation sites is 2. The van der Waals surface area contributed by atoms with Crippen LogP contribution in [0.5, 0.6) is 23.0 Å². The van der Waals surface area contributed by atoms with E-state index in [4.69, 9.17) is 21.1 Å². The van der Waals surface area contributed by atoms with Crippen molar-refractivity contribution in [2.45, 2.75) is 90.9 Å². The second-order valence-electron chi connectivity index (χ2n) is 15.5. The van der Waals surface area contributed by atoms with Crippen molar-refractivity contribution in [3.8, 4) is 23.0 Å². The Labute approximate surface area is 328 Å². The minimum absolute atomic E-state index is 0.120. The molecule has 0 amide bonds. The summed E-state index contributed by atoms with van der Waals surface area (Å²) < 4.78 is 25.9. The second kappa shape index (κ2) is 18.9. The van der Waals surface area contributed by atoms with Gasteiger partial charge in [-0.05, 0) is 146 Å². The van der Waals surface area contributed by atoms with Gasteiger partial charge in [0.1, 0.15) is 17.2 Å². The van der Waals surface area contributed by atoms with Crippen molar-refractivity contribution >= 4 is 11.6 Å². The van der Waals surface area contributed by atoms with Crippen LogP contribution < -0.4 is 9.47 Å². The van der Waals surface area contributed by atoms with E-state index in [-0.39, 0.29) is 22.4 Å². The lowest BCUT2D eigenvalue weighted by Crippen LogP contribution is -2.17. The van der Waals surface area contributed by atoms with Crippen molar-refractivity contribution in [3.63, 3.8) is 0 Å². The van der Waals surface area contributed by atoms with Crippen LogP contribution in [0.3, 0.4) is 0 Å². The highest BCUT2D eigenvalue weighted by Crippen LogP contribution is 2.33. The quantitative estimate of drug-likeness (QED) is 0.111. The normalized spacial score (nSPS) is 11.4. The summed E-state index contributed by atoms with van der Waals surface area (Å²) >= 11 is 6.02. The van der Waals surface area contributed by atoms with Crippen LogP contribution in [-0.4, -0.2) is 0 Å². The van der Waals surface area contributed by atoms with Crippen LogP contribution in [0, 0.1) is 19.7 Å². The standard InChI is InChI=1S/C25H27ClO.C25H27FO/c1-19-11-12-20(18-24(19)27-23-9-5-4-6-10-23)8-7-17-25(2,3)21-13-15-22(26)16-14-21;1-19-9-7-11-21(17-19)25(2,3)16-8-10-20-14-15-23(26)24(18-20)27-22-12-5-4-6-13-22/h4-6,9-16,18H,7-8,17H2,1-3H3;4-7,9,11-15,17-18H,8,10,16H2,1-3H3. The first-order valence-electron chi connectivity index (χ1n) is 19.0. The van der Waals surface area contributed by atoms with Crippen molar-refractivity contribution < 1.29 is 13.9 Å². The Morgan fingerprint density at radius 1 is 0.519 bits per heavy atom. The number of ether oxygens (including phenoxy) is 2. The molecule has 0 aliphatic heterocycles. The highest BCUT2D eigenvalue weighted by Gasteiger charge is 2.21. The van der Waals surface area contributed by atoms with Crippen LogP contribution >= 0.6 is 11.6 Å². The van der Waals surface area contributed by atoms with E-state index in [1.807, 2.05) is 84.9 Å². The van der Waals surface area contributed by atoms with Crippen molar-refractivity contribution in [1.82, 2.24) is 0 Å². The van der Waals surface area contributed by atoms with Crippen molar-refractivity contribution in [2.75, 3.05) is 0 Å². The zero-order valence-corrected chi connectivity index (χ0v) is 33.4. The summed E-state index contributed by atoms with van der Waals surface area (Å²) in [6.07, 6.45) is 6.31. The lowest BCUT2D eigenvalue weighted by atomic mass is 9.79. The van der Waals surface area contributed by atoms with Crippen LogP contribution in [0.15, 0.2) is 146 Å². The number of hydrogen-bond acceptors (Lipinski definition) is 2. The van der Waals surface area contributed by atoms with Gasteiger partial charge in [0.15, 0.2) is 11.6 Å². The number of hydrogen-bond donors (Lipinski definition) is 0. The van der Waals surface area contributed by atoms with E-state index in [2.05, 4.69) is 96.1 Å². The number of halogens is 2. The smallest absolute Gasteiger partial charge is 0.165 e. The zero-order valence-electron chi connectivity index (χ0n) is 32.7. The summed E-state index contributed by atoms with van der Waals surface area (Å²) in [6, 6.07) is 48.0. The molecule has 6 rings (SSSR count). The minimum Gasteiger partial charge on any atom is -0.457 e. The topological polar surface area (TPSA) is 18.5 Å². The second-order valence-corrected chi connectivity index (χ2v) is 16.0. The molecule has 0 saturated carbocycles. The van der Waals surface area contributed by atoms with Gasteiger partial charge in [-0.2, -0.15) is 0 Å². The first kappa shape index (κ1) is 40.3. The van der Waals surface area contributed by atoms with Crippen molar-refractivity contribution in [2.24, 2.45) is 0 Å². The third-order valence-electron chi connectivity index (χ3n) is 10.1. The average Bonchev–Trinajstić information content (AvgIpc) is 3.15. The molecule has 0 atom stereocenters. The van der Waals surface area contributed by atoms with Gasteiger partial charge in [-0.25, -0.2) is 4.39 Å². The van der Waals surface area contributed by atoms with E-state index in [0.29, 0.717) is 5.75 Å². The number of rotatable bonds is 14.